The zero-order valence-electron chi connectivity index (χ0n) is 7.65. The molecule has 1 aromatic heterocycles. The fraction of sp³-hybridized carbons (Fsp3) is 0.667. The third-order valence-electron chi connectivity index (χ3n) is 2.36. The van der Waals surface area contributed by atoms with Gasteiger partial charge < -0.3 is 10.5 Å². The van der Waals surface area contributed by atoms with Crippen LogP contribution in [0.1, 0.15) is 12.8 Å². The molecule has 4 nitrogen and oxygen atoms in total. The van der Waals surface area contributed by atoms with Crippen LogP contribution >= 0.6 is 0 Å². The van der Waals surface area contributed by atoms with Gasteiger partial charge in [-0.3, -0.25) is 4.68 Å². The molecule has 0 saturated carbocycles. The van der Waals surface area contributed by atoms with Crippen LogP contribution in [0.25, 0.3) is 0 Å². The molecule has 1 unspecified atom stereocenters. The first kappa shape index (κ1) is 8.56. The summed E-state index contributed by atoms with van der Waals surface area (Å²) in [7, 11) is 0. The lowest BCUT2D eigenvalue weighted by molar-refractivity contribution is 0.0470. The molecule has 1 aromatic rings. The van der Waals surface area contributed by atoms with Crippen LogP contribution in [0, 0.1) is 5.92 Å². The Morgan fingerprint density at radius 3 is 3.23 bits per heavy atom. The molecule has 0 radical (unpaired) electrons. The highest BCUT2D eigenvalue weighted by atomic mass is 16.5. The summed E-state index contributed by atoms with van der Waals surface area (Å²) in [5.74, 6) is 1.20. The Bertz CT molecular complexity index is 266. The molecular formula is C9H15N3O. The van der Waals surface area contributed by atoms with E-state index >= 15 is 0 Å². The van der Waals surface area contributed by atoms with E-state index in [2.05, 4.69) is 5.10 Å². The molecule has 0 aromatic carbocycles. The maximum Gasteiger partial charge on any atom is 0.145 e. The van der Waals surface area contributed by atoms with E-state index in [4.69, 9.17) is 10.5 Å². The Labute approximate surface area is 77.7 Å². The van der Waals surface area contributed by atoms with Crippen molar-refractivity contribution in [1.29, 1.82) is 0 Å². The van der Waals surface area contributed by atoms with E-state index in [9.17, 15) is 0 Å². The number of nitrogens with two attached hydrogens (primary N) is 1. The van der Waals surface area contributed by atoms with E-state index < -0.39 is 0 Å². The zero-order valence-corrected chi connectivity index (χ0v) is 7.65. The molecule has 2 N–H and O–H groups in total. The van der Waals surface area contributed by atoms with Crippen molar-refractivity contribution in [1.82, 2.24) is 9.78 Å². The van der Waals surface area contributed by atoms with E-state index in [0.717, 1.165) is 19.8 Å². The summed E-state index contributed by atoms with van der Waals surface area (Å²) < 4.78 is 7.29. The highest BCUT2D eigenvalue weighted by Crippen LogP contribution is 2.15. The molecule has 13 heavy (non-hydrogen) atoms. The van der Waals surface area contributed by atoms with Crippen LogP contribution in [-0.2, 0) is 11.3 Å². The number of hydrogen-bond acceptors (Lipinski definition) is 3. The van der Waals surface area contributed by atoms with E-state index in [1.54, 1.807) is 0 Å². The average molecular weight is 181 g/mol. The first-order chi connectivity index (χ1) is 6.34. The normalized spacial score (nSPS) is 23.2. The van der Waals surface area contributed by atoms with Crippen molar-refractivity contribution in [3.05, 3.63) is 12.3 Å². The monoisotopic (exact) mass is 181 g/mol. The predicted octanol–water partition coefficient (Wildman–Crippen LogP) is 0.892. The fourth-order valence-corrected chi connectivity index (χ4v) is 1.70. The van der Waals surface area contributed by atoms with Crippen LogP contribution in [-0.4, -0.2) is 23.0 Å². The molecule has 1 fully saturated rings. The predicted molar refractivity (Wildman–Crippen MR) is 50.2 cm³/mol. The number of nitrogen functional groups attached to an aromatic ring is 1. The Hall–Kier alpha value is -1.03. The van der Waals surface area contributed by atoms with Crippen molar-refractivity contribution in [2.45, 2.75) is 19.4 Å². The molecule has 72 valence electrons. The first-order valence-electron chi connectivity index (χ1n) is 4.71. The van der Waals surface area contributed by atoms with E-state index in [0.29, 0.717) is 11.7 Å². The molecule has 2 rings (SSSR count). The summed E-state index contributed by atoms with van der Waals surface area (Å²) in [6.07, 6.45) is 4.32. The SMILES string of the molecule is Nc1ccn(CC2CCCOC2)n1. The van der Waals surface area contributed by atoms with Crippen LogP contribution in [0.15, 0.2) is 12.3 Å². The van der Waals surface area contributed by atoms with Gasteiger partial charge in [0.1, 0.15) is 5.82 Å². The van der Waals surface area contributed by atoms with Gasteiger partial charge >= 0.3 is 0 Å². The Kier molecular flexibility index (Phi) is 2.49. The molecule has 0 aliphatic carbocycles. The van der Waals surface area contributed by atoms with Crippen LogP contribution in [0.2, 0.25) is 0 Å². The van der Waals surface area contributed by atoms with Gasteiger partial charge in [0.05, 0.1) is 6.61 Å². The average Bonchev–Trinajstić information content (AvgIpc) is 2.53. The summed E-state index contributed by atoms with van der Waals surface area (Å²) in [5, 5.41) is 4.14. The van der Waals surface area contributed by atoms with Gasteiger partial charge in [-0.25, -0.2) is 0 Å². The number of ether oxygens (including phenoxy) is 1. The van der Waals surface area contributed by atoms with Crippen molar-refractivity contribution < 1.29 is 4.74 Å². The van der Waals surface area contributed by atoms with Crippen LogP contribution in [0.5, 0.6) is 0 Å². The minimum atomic E-state index is 0.594. The number of hydrogen-bond donors (Lipinski definition) is 1. The quantitative estimate of drug-likeness (QED) is 0.737. The fourth-order valence-electron chi connectivity index (χ4n) is 1.70. The second kappa shape index (κ2) is 3.79. The number of aromatic nitrogens is 2. The topological polar surface area (TPSA) is 53.1 Å². The van der Waals surface area contributed by atoms with Crippen molar-refractivity contribution in [3.8, 4) is 0 Å². The zero-order chi connectivity index (χ0) is 9.10. The van der Waals surface area contributed by atoms with Crippen molar-refractivity contribution >= 4 is 5.82 Å². The molecule has 0 amide bonds. The van der Waals surface area contributed by atoms with Crippen molar-refractivity contribution in [2.75, 3.05) is 18.9 Å². The molecule has 1 atom stereocenters. The van der Waals surface area contributed by atoms with Gasteiger partial charge in [0.15, 0.2) is 0 Å². The molecule has 0 bridgehead atoms. The molecular weight excluding hydrogens is 166 g/mol. The van der Waals surface area contributed by atoms with Crippen LogP contribution in [0.3, 0.4) is 0 Å². The van der Waals surface area contributed by atoms with Gasteiger partial charge in [-0.2, -0.15) is 5.10 Å². The lowest BCUT2D eigenvalue weighted by Gasteiger charge is -2.21. The molecule has 0 spiro atoms. The van der Waals surface area contributed by atoms with E-state index in [-0.39, 0.29) is 0 Å². The second-order valence-corrected chi connectivity index (χ2v) is 3.55. The van der Waals surface area contributed by atoms with Crippen LogP contribution in [0.4, 0.5) is 5.82 Å². The molecule has 4 heteroatoms. The van der Waals surface area contributed by atoms with Gasteiger partial charge in [-0.1, -0.05) is 0 Å². The third kappa shape index (κ3) is 2.21. The summed E-state index contributed by atoms with van der Waals surface area (Å²) >= 11 is 0. The maximum absolute atomic E-state index is 5.52. The number of anilines is 1. The lowest BCUT2D eigenvalue weighted by Crippen LogP contribution is -2.22. The highest BCUT2D eigenvalue weighted by molar-refractivity contribution is 5.23. The van der Waals surface area contributed by atoms with Gasteiger partial charge in [-0.15, -0.1) is 0 Å². The number of nitrogens with zero attached hydrogens (tertiary/aromatic N) is 2. The summed E-state index contributed by atoms with van der Waals surface area (Å²) in [6, 6.07) is 1.82. The summed E-state index contributed by atoms with van der Waals surface area (Å²) in [4.78, 5) is 0. The van der Waals surface area contributed by atoms with Gasteiger partial charge in [0.2, 0.25) is 0 Å². The van der Waals surface area contributed by atoms with Gasteiger partial charge in [0, 0.05) is 25.3 Å². The minimum absolute atomic E-state index is 0.594. The first-order valence-corrected chi connectivity index (χ1v) is 4.71. The van der Waals surface area contributed by atoms with Crippen molar-refractivity contribution in [2.24, 2.45) is 5.92 Å². The summed E-state index contributed by atoms with van der Waals surface area (Å²) in [5.41, 5.74) is 5.52. The Morgan fingerprint density at radius 2 is 2.62 bits per heavy atom. The molecule has 1 saturated heterocycles. The molecule has 2 heterocycles. The van der Waals surface area contributed by atoms with Crippen molar-refractivity contribution in [3.63, 3.8) is 0 Å². The van der Waals surface area contributed by atoms with Crippen LogP contribution < -0.4 is 5.73 Å². The third-order valence-corrected chi connectivity index (χ3v) is 2.36. The minimum Gasteiger partial charge on any atom is -0.382 e. The highest BCUT2D eigenvalue weighted by Gasteiger charge is 2.14. The lowest BCUT2D eigenvalue weighted by atomic mass is 10.0. The maximum atomic E-state index is 5.52. The van der Waals surface area contributed by atoms with Gasteiger partial charge in [-0.05, 0) is 18.9 Å². The summed E-state index contributed by atoms with van der Waals surface area (Å²) in [6.45, 7) is 2.70. The second-order valence-electron chi connectivity index (χ2n) is 3.55. The van der Waals surface area contributed by atoms with E-state index in [1.165, 1.54) is 12.8 Å². The smallest absolute Gasteiger partial charge is 0.145 e. The standard InChI is InChI=1S/C9H15N3O/c10-9-3-4-12(11-9)6-8-2-1-5-13-7-8/h3-4,8H,1-2,5-7H2,(H2,10,11). The van der Waals surface area contributed by atoms with Gasteiger partial charge in [0.25, 0.3) is 0 Å². The largest absolute Gasteiger partial charge is 0.382 e. The number of rotatable bonds is 2. The Morgan fingerprint density at radius 1 is 1.69 bits per heavy atom. The molecule has 1 aliphatic heterocycles. The van der Waals surface area contributed by atoms with E-state index in [1.807, 2.05) is 16.9 Å². The Balaban J connectivity index is 1.89. The molecule has 1 aliphatic rings.